The molecule has 0 fully saturated rings. The number of carbonyl (C=O) groups is 1. The van der Waals surface area contributed by atoms with Gasteiger partial charge in [0.15, 0.2) is 0 Å². The average molecular weight is 281 g/mol. The second-order valence-corrected chi connectivity index (χ2v) is 4.69. The fraction of sp³-hybridized carbons (Fsp3) is 0.125. The Hall–Kier alpha value is -2.82. The van der Waals surface area contributed by atoms with Gasteiger partial charge in [0.25, 0.3) is 0 Å². The molecule has 3 rings (SSSR count). The van der Waals surface area contributed by atoms with Crippen molar-refractivity contribution in [2.75, 3.05) is 12.4 Å². The van der Waals surface area contributed by atoms with Crippen LogP contribution in [-0.4, -0.2) is 23.0 Å². The quantitative estimate of drug-likeness (QED) is 0.774. The summed E-state index contributed by atoms with van der Waals surface area (Å²) in [7, 11) is 1.64. The topological polar surface area (TPSA) is 67.0 Å². The third kappa shape index (κ3) is 2.45. The lowest BCUT2D eigenvalue weighted by molar-refractivity contribution is -0.114. The van der Waals surface area contributed by atoms with Crippen LogP contribution in [0.2, 0.25) is 0 Å². The fourth-order valence-corrected chi connectivity index (χ4v) is 2.38. The van der Waals surface area contributed by atoms with E-state index in [-0.39, 0.29) is 5.91 Å². The van der Waals surface area contributed by atoms with Crippen LogP contribution in [0.4, 0.5) is 5.95 Å². The summed E-state index contributed by atoms with van der Waals surface area (Å²) >= 11 is 0. The van der Waals surface area contributed by atoms with E-state index in [1.165, 1.54) is 6.92 Å². The van der Waals surface area contributed by atoms with Crippen LogP contribution in [-0.2, 0) is 4.79 Å². The van der Waals surface area contributed by atoms with Crippen LogP contribution in [0.3, 0.4) is 0 Å². The number of benzene rings is 2. The molecule has 1 amide bonds. The molecule has 1 heterocycles. The second-order valence-electron chi connectivity index (χ2n) is 4.69. The van der Waals surface area contributed by atoms with Crippen molar-refractivity contribution in [2.45, 2.75) is 6.92 Å². The number of nitrogens with one attached hydrogen (secondary N) is 2. The van der Waals surface area contributed by atoms with Gasteiger partial charge in [-0.15, -0.1) is 0 Å². The molecule has 0 atom stereocenters. The molecule has 5 heteroatoms. The van der Waals surface area contributed by atoms with Crippen molar-refractivity contribution < 1.29 is 9.53 Å². The number of hydrogen-bond donors (Lipinski definition) is 2. The maximum atomic E-state index is 11.1. The average Bonchev–Trinajstić information content (AvgIpc) is 2.93. The van der Waals surface area contributed by atoms with Gasteiger partial charge in [-0.05, 0) is 16.8 Å². The van der Waals surface area contributed by atoms with Crippen LogP contribution >= 0.6 is 0 Å². The van der Waals surface area contributed by atoms with Gasteiger partial charge in [-0.2, -0.15) is 0 Å². The number of nitrogens with zero attached hydrogens (tertiary/aromatic N) is 1. The molecule has 0 saturated carbocycles. The summed E-state index contributed by atoms with van der Waals surface area (Å²) in [6.07, 6.45) is 1.69. The first kappa shape index (κ1) is 13.2. The summed E-state index contributed by atoms with van der Waals surface area (Å²) < 4.78 is 5.46. The Labute approximate surface area is 122 Å². The number of methoxy groups -OCH3 is 1. The second kappa shape index (κ2) is 5.28. The van der Waals surface area contributed by atoms with E-state index in [1.807, 2.05) is 36.4 Å². The zero-order chi connectivity index (χ0) is 14.8. The number of hydrogen-bond acceptors (Lipinski definition) is 3. The van der Waals surface area contributed by atoms with Crippen LogP contribution in [0.25, 0.3) is 22.0 Å². The zero-order valence-electron chi connectivity index (χ0n) is 11.8. The third-order valence-corrected chi connectivity index (χ3v) is 3.25. The molecule has 0 spiro atoms. The Bertz CT molecular complexity index is 808. The molecule has 0 bridgehead atoms. The van der Waals surface area contributed by atoms with E-state index in [0.29, 0.717) is 5.95 Å². The number of aromatic amines is 1. The van der Waals surface area contributed by atoms with Crippen molar-refractivity contribution in [3.63, 3.8) is 0 Å². The van der Waals surface area contributed by atoms with E-state index in [1.54, 1.807) is 13.3 Å². The minimum Gasteiger partial charge on any atom is -0.496 e. The van der Waals surface area contributed by atoms with Crippen molar-refractivity contribution in [3.05, 3.63) is 42.6 Å². The van der Waals surface area contributed by atoms with Crippen LogP contribution in [0.5, 0.6) is 5.75 Å². The first-order chi connectivity index (χ1) is 10.2. The van der Waals surface area contributed by atoms with Crippen LogP contribution in [0, 0.1) is 0 Å². The molecule has 106 valence electrons. The predicted molar refractivity (Wildman–Crippen MR) is 82.4 cm³/mol. The summed E-state index contributed by atoms with van der Waals surface area (Å²) in [6, 6.07) is 12.0. The number of aromatic nitrogens is 2. The van der Waals surface area contributed by atoms with Crippen LogP contribution in [0.15, 0.2) is 42.6 Å². The standard InChI is InChI=1S/C16H15N3O2/c1-10(20)18-16-17-9-13(19-16)15-12-6-4-3-5-11(12)7-8-14(15)21-2/h3-9H,1-2H3,(H2,17,18,19,20). The van der Waals surface area contributed by atoms with Gasteiger partial charge in [0.05, 0.1) is 19.0 Å². The van der Waals surface area contributed by atoms with E-state index in [9.17, 15) is 4.79 Å². The molecule has 5 nitrogen and oxygen atoms in total. The number of H-pyrrole nitrogens is 1. The SMILES string of the molecule is COc1ccc2ccccc2c1-c1cnc(NC(C)=O)[nH]1. The maximum Gasteiger partial charge on any atom is 0.223 e. The first-order valence-electron chi connectivity index (χ1n) is 6.58. The lowest BCUT2D eigenvalue weighted by atomic mass is 10.0. The highest BCUT2D eigenvalue weighted by molar-refractivity contribution is 5.99. The number of carbonyl (C=O) groups excluding carboxylic acids is 1. The van der Waals surface area contributed by atoms with E-state index in [0.717, 1.165) is 27.8 Å². The predicted octanol–water partition coefficient (Wildman–Crippen LogP) is 3.20. The summed E-state index contributed by atoms with van der Waals surface area (Å²) in [5.41, 5.74) is 1.73. The van der Waals surface area contributed by atoms with Gasteiger partial charge in [0, 0.05) is 12.5 Å². The number of rotatable bonds is 3. The highest BCUT2D eigenvalue weighted by Gasteiger charge is 2.13. The van der Waals surface area contributed by atoms with Gasteiger partial charge in [-0.1, -0.05) is 30.3 Å². The van der Waals surface area contributed by atoms with Crippen molar-refractivity contribution in [1.82, 2.24) is 9.97 Å². The Morgan fingerprint density at radius 2 is 2.05 bits per heavy atom. The highest BCUT2D eigenvalue weighted by Crippen LogP contribution is 2.36. The molecule has 0 unspecified atom stereocenters. The number of ether oxygens (including phenoxy) is 1. The Morgan fingerprint density at radius 3 is 2.81 bits per heavy atom. The number of amides is 1. The third-order valence-electron chi connectivity index (χ3n) is 3.25. The molecule has 2 aromatic carbocycles. The Morgan fingerprint density at radius 1 is 1.24 bits per heavy atom. The largest absolute Gasteiger partial charge is 0.496 e. The van der Waals surface area contributed by atoms with Gasteiger partial charge < -0.3 is 9.72 Å². The van der Waals surface area contributed by atoms with Crippen LogP contribution < -0.4 is 10.1 Å². The molecule has 0 aliphatic carbocycles. The molecule has 0 aliphatic heterocycles. The van der Waals surface area contributed by atoms with E-state index in [4.69, 9.17) is 4.74 Å². The van der Waals surface area contributed by atoms with E-state index in [2.05, 4.69) is 15.3 Å². The molecular weight excluding hydrogens is 266 g/mol. The van der Waals surface area contributed by atoms with Gasteiger partial charge in [-0.25, -0.2) is 4.98 Å². The van der Waals surface area contributed by atoms with E-state index < -0.39 is 0 Å². The normalized spacial score (nSPS) is 10.6. The summed E-state index contributed by atoms with van der Waals surface area (Å²) in [5, 5.41) is 4.81. The number of imidazole rings is 1. The molecule has 0 saturated heterocycles. The molecule has 1 aromatic heterocycles. The Balaban J connectivity index is 2.18. The first-order valence-corrected chi connectivity index (χ1v) is 6.58. The minimum atomic E-state index is -0.166. The molecule has 0 radical (unpaired) electrons. The number of anilines is 1. The molecule has 21 heavy (non-hydrogen) atoms. The maximum absolute atomic E-state index is 11.1. The van der Waals surface area contributed by atoms with Gasteiger partial charge in [-0.3, -0.25) is 10.1 Å². The fourth-order valence-electron chi connectivity index (χ4n) is 2.38. The van der Waals surface area contributed by atoms with Crippen molar-refractivity contribution in [1.29, 1.82) is 0 Å². The van der Waals surface area contributed by atoms with Crippen molar-refractivity contribution in [3.8, 4) is 17.0 Å². The molecule has 2 N–H and O–H groups in total. The Kier molecular flexibility index (Phi) is 3.31. The molecule has 3 aromatic rings. The summed E-state index contributed by atoms with van der Waals surface area (Å²) in [4.78, 5) is 18.4. The summed E-state index contributed by atoms with van der Waals surface area (Å²) in [5.74, 6) is 1.01. The minimum absolute atomic E-state index is 0.166. The lowest BCUT2D eigenvalue weighted by Crippen LogP contribution is -2.06. The summed E-state index contributed by atoms with van der Waals surface area (Å²) in [6.45, 7) is 1.45. The lowest BCUT2D eigenvalue weighted by Gasteiger charge is -2.10. The molecular formula is C16H15N3O2. The van der Waals surface area contributed by atoms with Gasteiger partial charge in [0.1, 0.15) is 5.75 Å². The smallest absolute Gasteiger partial charge is 0.223 e. The monoisotopic (exact) mass is 281 g/mol. The van der Waals surface area contributed by atoms with Crippen molar-refractivity contribution in [2.24, 2.45) is 0 Å². The number of fused-ring (bicyclic) bond motifs is 1. The van der Waals surface area contributed by atoms with Crippen LogP contribution in [0.1, 0.15) is 6.92 Å². The van der Waals surface area contributed by atoms with E-state index >= 15 is 0 Å². The highest BCUT2D eigenvalue weighted by atomic mass is 16.5. The molecule has 0 aliphatic rings. The van der Waals surface area contributed by atoms with Gasteiger partial charge in [0.2, 0.25) is 11.9 Å². The van der Waals surface area contributed by atoms with Crippen molar-refractivity contribution >= 4 is 22.6 Å². The van der Waals surface area contributed by atoms with Gasteiger partial charge >= 0.3 is 0 Å². The zero-order valence-corrected chi connectivity index (χ0v) is 11.8.